The number of methoxy groups -OCH3 is 1. The molecular formula is C27H38N6O3. The summed E-state index contributed by atoms with van der Waals surface area (Å²) in [5, 5.41) is 2.94. The van der Waals surface area contributed by atoms with E-state index >= 15 is 0 Å². The van der Waals surface area contributed by atoms with Gasteiger partial charge >= 0.3 is 6.03 Å². The Hall–Kier alpha value is -3.01. The number of nitrogens with one attached hydrogen (secondary N) is 1. The zero-order valence-electron chi connectivity index (χ0n) is 21.3. The first kappa shape index (κ1) is 26.1. The van der Waals surface area contributed by atoms with E-state index in [2.05, 4.69) is 26.2 Å². The van der Waals surface area contributed by atoms with Gasteiger partial charge in [-0.1, -0.05) is 12.1 Å². The lowest BCUT2D eigenvalue weighted by Crippen LogP contribution is -2.56. The number of amides is 3. The number of carbonyl (C=O) groups is 2. The molecule has 194 valence electrons. The van der Waals surface area contributed by atoms with Crippen LogP contribution in [-0.2, 0) is 17.8 Å². The molecule has 3 amide bonds. The minimum atomic E-state index is -0.0516. The van der Waals surface area contributed by atoms with E-state index in [1.54, 1.807) is 7.11 Å². The van der Waals surface area contributed by atoms with E-state index in [1.165, 1.54) is 5.56 Å². The molecule has 0 aliphatic carbocycles. The number of urea groups is 1. The topological polar surface area (TPSA) is 81.2 Å². The summed E-state index contributed by atoms with van der Waals surface area (Å²) in [4.78, 5) is 38.3. The number of nitrogens with zero attached hydrogens (tertiary/aromatic N) is 5. The molecule has 2 saturated heterocycles. The standard InChI is InChI=1S/C27H38N6O3/c1-36-19-3-8-29-26(34)25-5-2-4-24(20-25)22-31-13-17-33(18-14-31)27(35)32-15-11-30(12-16-32)21-23-6-9-28-10-7-23/h2,4-7,9-10,20H,3,8,11-19,21-22H2,1H3,(H,29,34). The molecule has 0 radical (unpaired) electrons. The summed E-state index contributed by atoms with van der Waals surface area (Å²) in [6.45, 7) is 9.38. The van der Waals surface area contributed by atoms with Crippen LogP contribution in [-0.4, -0.2) is 109 Å². The van der Waals surface area contributed by atoms with Crippen LogP contribution in [0.5, 0.6) is 0 Å². The zero-order valence-corrected chi connectivity index (χ0v) is 21.3. The van der Waals surface area contributed by atoms with Crippen LogP contribution < -0.4 is 5.32 Å². The number of piperazine rings is 2. The number of aromatic nitrogens is 1. The van der Waals surface area contributed by atoms with Crippen LogP contribution in [0.4, 0.5) is 4.79 Å². The Labute approximate surface area is 214 Å². The first-order chi connectivity index (χ1) is 17.6. The van der Waals surface area contributed by atoms with E-state index in [9.17, 15) is 9.59 Å². The van der Waals surface area contributed by atoms with Crippen LogP contribution in [0.2, 0.25) is 0 Å². The molecule has 1 aromatic heterocycles. The predicted molar refractivity (Wildman–Crippen MR) is 139 cm³/mol. The highest BCUT2D eigenvalue weighted by Gasteiger charge is 2.28. The number of ether oxygens (including phenoxy) is 1. The Bertz CT molecular complexity index is 972. The first-order valence-electron chi connectivity index (χ1n) is 12.9. The van der Waals surface area contributed by atoms with E-state index in [0.29, 0.717) is 18.7 Å². The van der Waals surface area contributed by atoms with Gasteiger partial charge in [0.2, 0.25) is 0 Å². The molecule has 2 aliphatic heterocycles. The normalized spacial score (nSPS) is 17.2. The van der Waals surface area contributed by atoms with Gasteiger partial charge < -0.3 is 19.9 Å². The monoisotopic (exact) mass is 494 g/mol. The lowest BCUT2D eigenvalue weighted by molar-refractivity contribution is 0.0868. The van der Waals surface area contributed by atoms with Gasteiger partial charge in [-0.3, -0.25) is 19.6 Å². The third kappa shape index (κ3) is 7.49. The van der Waals surface area contributed by atoms with Gasteiger partial charge in [-0.05, 0) is 41.8 Å². The van der Waals surface area contributed by atoms with Crippen molar-refractivity contribution in [2.75, 3.05) is 72.6 Å². The van der Waals surface area contributed by atoms with Crippen LogP contribution >= 0.6 is 0 Å². The highest BCUT2D eigenvalue weighted by molar-refractivity contribution is 5.94. The molecule has 0 saturated carbocycles. The van der Waals surface area contributed by atoms with Crippen molar-refractivity contribution >= 4 is 11.9 Å². The second kappa shape index (κ2) is 13.3. The average molecular weight is 495 g/mol. The first-order valence-corrected chi connectivity index (χ1v) is 12.9. The molecule has 9 heteroatoms. The molecule has 2 aliphatic rings. The van der Waals surface area contributed by atoms with E-state index < -0.39 is 0 Å². The summed E-state index contributed by atoms with van der Waals surface area (Å²) in [5.41, 5.74) is 3.06. The highest BCUT2D eigenvalue weighted by atomic mass is 16.5. The summed E-state index contributed by atoms with van der Waals surface area (Å²) >= 11 is 0. The van der Waals surface area contributed by atoms with Gasteiger partial charge in [0.05, 0.1) is 0 Å². The molecule has 2 fully saturated rings. The van der Waals surface area contributed by atoms with Gasteiger partial charge in [0.15, 0.2) is 0 Å². The summed E-state index contributed by atoms with van der Waals surface area (Å²) in [6, 6.07) is 12.1. The lowest BCUT2D eigenvalue weighted by atomic mass is 10.1. The summed E-state index contributed by atoms with van der Waals surface area (Å²) in [6.07, 6.45) is 4.45. The van der Waals surface area contributed by atoms with Crippen LogP contribution in [0.15, 0.2) is 48.8 Å². The molecule has 0 bridgehead atoms. The maximum Gasteiger partial charge on any atom is 0.320 e. The quantitative estimate of drug-likeness (QED) is 0.537. The molecule has 2 aromatic rings. The fourth-order valence-corrected chi connectivity index (χ4v) is 4.73. The Morgan fingerprint density at radius 3 is 2.08 bits per heavy atom. The summed E-state index contributed by atoms with van der Waals surface area (Å²) in [7, 11) is 1.66. The fraction of sp³-hybridized carbons (Fsp3) is 0.519. The number of benzene rings is 1. The smallest absolute Gasteiger partial charge is 0.320 e. The van der Waals surface area contributed by atoms with Crippen LogP contribution in [0.25, 0.3) is 0 Å². The molecule has 1 aromatic carbocycles. The summed E-state index contributed by atoms with van der Waals surface area (Å²) < 4.78 is 5.03. The lowest BCUT2D eigenvalue weighted by Gasteiger charge is -2.40. The van der Waals surface area contributed by atoms with E-state index in [0.717, 1.165) is 77.4 Å². The van der Waals surface area contributed by atoms with Crippen molar-refractivity contribution in [3.8, 4) is 0 Å². The van der Waals surface area contributed by atoms with Gasteiger partial charge in [0, 0.05) is 104 Å². The SMILES string of the molecule is COCCCNC(=O)c1cccc(CN2CCN(C(=O)N3CCN(Cc4ccncc4)CC3)CC2)c1. The molecule has 1 N–H and O–H groups in total. The molecular weight excluding hydrogens is 456 g/mol. The van der Waals surface area contributed by atoms with Gasteiger partial charge in [0.25, 0.3) is 5.91 Å². The minimum Gasteiger partial charge on any atom is -0.385 e. The third-order valence-electron chi connectivity index (χ3n) is 6.85. The van der Waals surface area contributed by atoms with Crippen molar-refractivity contribution in [2.24, 2.45) is 0 Å². The maximum atomic E-state index is 13.1. The zero-order chi connectivity index (χ0) is 25.2. The van der Waals surface area contributed by atoms with Crippen molar-refractivity contribution in [3.63, 3.8) is 0 Å². The highest BCUT2D eigenvalue weighted by Crippen LogP contribution is 2.14. The average Bonchev–Trinajstić information content (AvgIpc) is 2.92. The molecule has 4 rings (SSSR count). The van der Waals surface area contributed by atoms with Gasteiger partial charge in [0.1, 0.15) is 0 Å². The number of carbonyl (C=O) groups excluding carboxylic acids is 2. The van der Waals surface area contributed by atoms with Crippen LogP contribution in [0.3, 0.4) is 0 Å². The van der Waals surface area contributed by atoms with Crippen molar-refractivity contribution < 1.29 is 14.3 Å². The maximum absolute atomic E-state index is 13.1. The molecule has 0 spiro atoms. The van der Waals surface area contributed by atoms with Crippen molar-refractivity contribution in [1.29, 1.82) is 0 Å². The van der Waals surface area contributed by atoms with Gasteiger partial charge in [-0.25, -0.2) is 4.79 Å². The fourth-order valence-electron chi connectivity index (χ4n) is 4.73. The third-order valence-corrected chi connectivity index (χ3v) is 6.85. The van der Waals surface area contributed by atoms with Crippen molar-refractivity contribution in [3.05, 3.63) is 65.5 Å². The Morgan fingerprint density at radius 2 is 1.47 bits per heavy atom. The Balaban J connectivity index is 1.18. The Morgan fingerprint density at radius 1 is 0.861 bits per heavy atom. The minimum absolute atomic E-state index is 0.0516. The Kier molecular flexibility index (Phi) is 9.66. The van der Waals surface area contributed by atoms with E-state index in [-0.39, 0.29) is 11.9 Å². The van der Waals surface area contributed by atoms with E-state index in [1.807, 2.05) is 52.5 Å². The molecule has 3 heterocycles. The van der Waals surface area contributed by atoms with Crippen molar-refractivity contribution in [2.45, 2.75) is 19.5 Å². The van der Waals surface area contributed by atoms with Crippen LogP contribution in [0, 0.1) is 0 Å². The molecule has 0 atom stereocenters. The van der Waals surface area contributed by atoms with Crippen molar-refractivity contribution in [1.82, 2.24) is 29.9 Å². The van der Waals surface area contributed by atoms with Gasteiger partial charge in [-0.15, -0.1) is 0 Å². The molecule has 9 nitrogen and oxygen atoms in total. The number of rotatable bonds is 9. The van der Waals surface area contributed by atoms with Crippen LogP contribution in [0.1, 0.15) is 27.9 Å². The molecule has 0 unspecified atom stereocenters. The second-order valence-electron chi connectivity index (χ2n) is 9.47. The number of pyridine rings is 1. The molecule has 36 heavy (non-hydrogen) atoms. The largest absolute Gasteiger partial charge is 0.385 e. The second-order valence-corrected chi connectivity index (χ2v) is 9.47. The number of hydrogen-bond acceptors (Lipinski definition) is 6. The van der Waals surface area contributed by atoms with E-state index in [4.69, 9.17) is 4.74 Å². The number of hydrogen-bond donors (Lipinski definition) is 1. The summed E-state index contributed by atoms with van der Waals surface area (Å²) in [5.74, 6) is -0.0516. The predicted octanol–water partition coefficient (Wildman–Crippen LogP) is 1.90. The van der Waals surface area contributed by atoms with Gasteiger partial charge in [-0.2, -0.15) is 0 Å².